The molecule has 1 rings (SSSR count). The van der Waals surface area contributed by atoms with Crippen molar-refractivity contribution in [2.75, 3.05) is 19.0 Å². The molecule has 22 heavy (non-hydrogen) atoms. The first-order valence-corrected chi connectivity index (χ1v) is 8.44. The average molecular weight is 439 g/mol. The molecule has 0 aromatic carbocycles. The molecule has 3 N–H and O–H groups in total. The largest absolute Gasteiger partial charge is 0.370 e. The van der Waals surface area contributed by atoms with Gasteiger partial charge in [-0.3, -0.25) is 0 Å². The summed E-state index contributed by atoms with van der Waals surface area (Å²) in [4.78, 5) is 10.8. The number of aliphatic imine (C=N–C) groups is 1. The fraction of sp³-hybridized carbons (Fsp3) is 0.733. The van der Waals surface area contributed by atoms with Crippen LogP contribution in [0.2, 0.25) is 0 Å². The minimum absolute atomic E-state index is 0. The fourth-order valence-electron chi connectivity index (χ4n) is 1.94. The summed E-state index contributed by atoms with van der Waals surface area (Å²) in [6.07, 6.45) is 3.60. The highest BCUT2D eigenvalue weighted by atomic mass is 127. The van der Waals surface area contributed by atoms with Gasteiger partial charge in [-0.05, 0) is 19.3 Å². The number of hydrogen-bond donors (Lipinski definition) is 2. The first-order chi connectivity index (χ1) is 9.88. The lowest BCUT2D eigenvalue weighted by Crippen LogP contribution is -2.38. The molecule has 0 radical (unpaired) electrons. The number of aromatic nitrogens is 1. The van der Waals surface area contributed by atoms with Gasteiger partial charge in [0.15, 0.2) is 11.1 Å². The van der Waals surface area contributed by atoms with Crippen molar-refractivity contribution < 1.29 is 0 Å². The number of halogens is 1. The van der Waals surface area contributed by atoms with Crippen LogP contribution in [-0.4, -0.2) is 31.1 Å². The topological polar surface area (TPSA) is 66.5 Å². The third-order valence-corrected chi connectivity index (χ3v) is 4.20. The predicted octanol–water partition coefficient (Wildman–Crippen LogP) is 3.45. The van der Waals surface area contributed by atoms with E-state index in [1.807, 2.05) is 24.4 Å². The summed E-state index contributed by atoms with van der Waals surface area (Å²) in [6, 6.07) is 0.361. The van der Waals surface area contributed by atoms with Crippen LogP contribution in [-0.2, 0) is 6.54 Å². The maximum Gasteiger partial charge on any atom is 0.189 e. The molecule has 1 unspecified atom stereocenters. The van der Waals surface area contributed by atoms with Gasteiger partial charge in [-0.2, -0.15) is 0 Å². The van der Waals surface area contributed by atoms with Gasteiger partial charge >= 0.3 is 0 Å². The molecule has 1 atom stereocenters. The molecule has 5 nitrogen and oxygen atoms in total. The minimum Gasteiger partial charge on any atom is -0.370 e. The minimum atomic E-state index is 0. The number of anilines is 1. The number of nitrogens with one attached hydrogen (secondary N) is 1. The Morgan fingerprint density at radius 2 is 2.05 bits per heavy atom. The molecule has 0 spiro atoms. The summed E-state index contributed by atoms with van der Waals surface area (Å²) in [7, 11) is 3.97. The lowest BCUT2D eigenvalue weighted by atomic mass is 10.0. The zero-order valence-electron chi connectivity index (χ0n) is 14.3. The zero-order valence-corrected chi connectivity index (χ0v) is 17.4. The Labute approximate surface area is 155 Å². The summed E-state index contributed by atoms with van der Waals surface area (Å²) in [6.45, 7) is 7.19. The molecule has 1 aromatic heterocycles. The standard InChI is InChI=1S/C15H29N5S.HI/c1-11(2)7-6-8-12(3)18-14(16)17-9-13-10-21-15(19-13)20(4)5;/h10-12H,6-9H2,1-5H3,(H3,16,17,18);1H. The lowest BCUT2D eigenvalue weighted by Gasteiger charge is -2.14. The van der Waals surface area contributed by atoms with Gasteiger partial charge in [-0.1, -0.05) is 26.7 Å². The normalized spacial score (nSPS) is 12.9. The molecular weight excluding hydrogens is 409 g/mol. The molecule has 0 saturated carbocycles. The number of nitrogens with two attached hydrogens (primary N) is 1. The van der Waals surface area contributed by atoms with E-state index in [-0.39, 0.29) is 24.0 Å². The molecule has 0 aliphatic heterocycles. The van der Waals surface area contributed by atoms with Crippen LogP contribution in [0, 0.1) is 5.92 Å². The van der Waals surface area contributed by atoms with Gasteiger partial charge in [-0.25, -0.2) is 9.98 Å². The van der Waals surface area contributed by atoms with Crippen LogP contribution in [0.5, 0.6) is 0 Å². The molecule has 1 heterocycles. The number of guanidine groups is 1. The summed E-state index contributed by atoms with van der Waals surface area (Å²) < 4.78 is 0. The number of rotatable bonds is 8. The van der Waals surface area contributed by atoms with Gasteiger partial charge in [0.05, 0.1) is 12.2 Å². The van der Waals surface area contributed by atoms with Crippen molar-refractivity contribution >= 4 is 46.4 Å². The summed E-state index contributed by atoms with van der Waals surface area (Å²) in [5.74, 6) is 1.27. The molecule has 0 aliphatic carbocycles. The Kier molecular flexibility index (Phi) is 10.8. The molecule has 0 amide bonds. The predicted molar refractivity (Wildman–Crippen MR) is 108 cm³/mol. The molecule has 1 aromatic rings. The van der Waals surface area contributed by atoms with E-state index in [1.54, 1.807) is 11.3 Å². The summed E-state index contributed by atoms with van der Waals surface area (Å²) >= 11 is 1.62. The van der Waals surface area contributed by atoms with E-state index >= 15 is 0 Å². The van der Waals surface area contributed by atoms with Gasteiger partial charge in [0.1, 0.15) is 0 Å². The maximum atomic E-state index is 5.92. The number of nitrogens with zero attached hydrogens (tertiary/aromatic N) is 3. The van der Waals surface area contributed by atoms with Crippen molar-refractivity contribution in [2.45, 2.75) is 52.6 Å². The Morgan fingerprint density at radius 3 is 2.59 bits per heavy atom. The SMILES string of the molecule is CC(C)CCCC(C)NC(N)=NCc1csc(N(C)C)n1.I. The van der Waals surface area contributed by atoms with Crippen molar-refractivity contribution in [3.63, 3.8) is 0 Å². The van der Waals surface area contributed by atoms with Gasteiger partial charge < -0.3 is 16.0 Å². The Bertz CT molecular complexity index is 445. The highest BCUT2D eigenvalue weighted by Gasteiger charge is 2.05. The molecule has 0 bridgehead atoms. The quantitative estimate of drug-likeness (QED) is 0.370. The van der Waals surface area contributed by atoms with Crippen LogP contribution >= 0.6 is 35.3 Å². The van der Waals surface area contributed by atoms with Gasteiger partial charge in [-0.15, -0.1) is 35.3 Å². The molecule has 0 aliphatic rings. The Morgan fingerprint density at radius 1 is 1.36 bits per heavy atom. The van der Waals surface area contributed by atoms with Crippen LogP contribution in [0.25, 0.3) is 0 Å². The molecule has 0 saturated heterocycles. The van der Waals surface area contributed by atoms with Gasteiger partial charge in [0.2, 0.25) is 0 Å². The monoisotopic (exact) mass is 439 g/mol. The van der Waals surface area contributed by atoms with Crippen molar-refractivity contribution in [3.05, 3.63) is 11.1 Å². The van der Waals surface area contributed by atoms with Gasteiger partial charge in [0, 0.05) is 25.5 Å². The van der Waals surface area contributed by atoms with Crippen molar-refractivity contribution in [1.29, 1.82) is 0 Å². The smallest absolute Gasteiger partial charge is 0.189 e. The summed E-state index contributed by atoms with van der Waals surface area (Å²) in [5, 5.41) is 6.27. The lowest BCUT2D eigenvalue weighted by molar-refractivity contribution is 0.493. The molecule has 128 valence electrons. The van der Waals surface area contributed by atoms with Crippen LogP contribution in [0.15, 0.2) is 10.4 Å². The van der Waals surface area contributed by atoms with E-state index in [2.05, 4.69) is 36.1 Å². The van der Waals surface area contributed by atoms with Gasteiger partial charge in [0.25, 0.3) is 0 Å². The third kappa shape index (κ3) is 8.77. The zero-order chi connectivity index (χ0) is 15.8. The van der Waals surface area contributed by atoms with E-state index in [4.69, 9.17) is 5.73 Å². The Balaban J connectivity index is 0.00000441. The van der Waals surface area contributed by atoms with E-state index in [1.165, 1.54) is 12.8 Å². The van der Waals surface area contributed by atoms with E-state index in [9.17, 15) is 0 Å². The van der Waals surface area contributed by atoms with Crippen LogP contribution < -0.4 is 16.0 Å². The van der Waals surface area contributed by atoms with E-state index in [0.29, 0.717) is 18.5 Å². The average Bonchev–Trinajstić information content (AvgIpc) is 2.84. The Hall–Kier alpha value is -0.570. The first-order valence-electron chi connectivity index (χ1n) is 7.56. The van der Waals surface area contributed by atoms with Crippen LogP contribution in [0.4, 0.5) is 5.13 Å². The first kappa shape index (κ1) is 21.4. The maximum absolute atomic E-state index is 5.92. The second-order valence-corrected chi connectivity index (χ2v) is 6.92. The highest BCUT2D eigenvalue weighted by Crippen LogP contribution is 2.18. The second kappa shape index (κ2) is 11.0. The van der Waals surface area contributed by atoms with E-state index in [0.717, 1.165) is 23.2 Å². The van der Waals surface area contributed by atoms with Crippen molar-refractivity contribution in [1.82, 2.24) is 10.3 Å². The molecule has 7 heteroatoms. The van der Waals surface area contributed by atoms with Crippen LogP contribution in [0.1, 0.15) is 45.7 Å². The van der Waals surface area contributed by atoms with Crippen LogP contribution in [0.3, 0.4) is 0 Å². The van der Waals surface area contributed by atoms with Crippen molar-refractivity contribution in [3.8, 4) is 0 Å². The number of thiazole rings is 1. The summed E-state index contributed by atoms with van der Waals surface area (Å²) in [5.41, 5.74) is 6.88. The third-order valence-electron chi connectivity index (χ3n) is 3.15. The number of hydrogen-bond acceptors (Lipinski definition) is 4. The second-order valence-electron chi connectivity index (χ2n) is 6.09. The fourth-order valence-corrected chi connectivity index (χ4v) is 2.69. The molecular formula is C15H30IN5S. The highest BCUT2D eigenvalue weighted by molar-refractivity contribution is 14.0. The van der Waals surface area contributed by atoms with E-state index < -0.39 is 0 Å². The van der Waals surface area contributed by atoms with Crippen molar-refractivity contribution in [2.24, 2.45) is 16.6 Å². The molecule has 0 fully saturated rings.